The van der Waals surface area contributed by atoms with Crippen LogP contribution in [0.25, 0.3) is 22.3 Å². The Hall–Kier alpha value is -3.05. The monoisotopic (exact) mass is 456 g/mol. The second-order valence-electron chi connectivity index (χ2n) is 8.48. The van der Waals surface area contributed by atoms with E-state index in [-0.39, 0.29) is 6.04 Å². The van der Waals surface area contributed by atoms with Crippen molar-refractivity contribution in [2.45, 2.75) is 30.6 Å². The van der Waals surface area contributed by atoms with Gasteiger partial charge in [-0.25, -0.2) is 19.0 Å². The van der Waals surface area contributed by atoms with Gasteiger partial charge in [0.1, 0.15) is 5.82 Å². The highest BCUT2D eigenvalue weighted by Gasteiger charge is 2.53. The molecule has 1 unspecified atom stereocenters. The van der Waals surface area contributed by atoms with Gasteiger partial charge < -0.3 is 14.7 Å². The molecule has 5 rings (SSSR count). The molecule has 1 saturated carbocycles. The Labute approximate surface area is 185 Å². The lowest BCUT2D eigenvalue weighted by atomic mass is 10.1. The molecule has 11 heteroatoms. The van der Waals surface area contributed by atoms with E-state index in [9.17, 15) is 14.1 Å². The van der Waals surface area contributed by atoms with E-state index >= 15 is 0 Å². The summed E-state index contributed by atoms with van der Waals surface area (Å²) in [5.74, 6) is 1.07. The number of morpholine rings is 1. The van der Waals surface area contributed by atoms with Crippen molar-refractivity contribution in [1.82, 2.24) is 19.5 Å². The molecule has 1 saturated heterocycles. The lowest BCUT2D eigenvalue weighted by molar-refractivity contribution is 0.0985. The Balaban J connectivity index is 1.73. The van der Waals surface area contributed by atoms with Crippen molar-refractivity contribution < 1.29 is 18.8 Å². The number of hydrogen-bond donors (Lipinski definition) is 2. The first kappa shape index (κ1) is 20.8. The largest absolute Gasteiger partial charge is 0.464 e. The molecule has 0 bridgehead atoms. The topological polar surface area (TPSA) is 134 Å². The lowest BCUT2D eigenvalue weighted by Gasteiger charge is -2.34. The highest BCUT2D eigenvalue weighted by atomic mass is 32.2. The van der Waals surface area contributed by atoms with E-state index < -0.39 is 20.6 Å². The van der Waals surface area contributed by atoms with Gasteiger partial charge >= 0.3 is 6.09 Å². The minimum atomic E-state index is -2.88. The number of aromatic nitrogens is 4. The molecular weight excluding hydrogens is 432 g/mol. The summed E-state index contributed by atoms with van der Waals surface area (Å²) in [6.45, 7) is 3.85. The first-order valence-electron chi connectivity index (χ1n) is 10.4. The molecule has 0 spiro atoms. The zero-order valence-corrected chi connectivity index (χ0v) is 18.6. The van der Waals surface area contributed by atoms with Crippen molar-refractivity contribution in [2.75, 3.05) is 30.9 Å². The van der Waals surface area contributed by atoms with Gasteiger partial charge in [0.05, 0.1) is 51.1 Å². The molecular formula is C21H24N6O4S. The molecule has 3 aromatic rings. The molecule has 10 nitrogen and oxygen atoms in total. The number of nitrogens with zero attached hydrogens (tertiary/aromatic N) is 5. The fourth-order valence-corrected chi connectivity index (χ4v) is 5.75. The van der Waals surface area contributed by atoms with E-state index in [1.54, 1.807) is 12.3 Å². The zero-order chi connectivity index (χ0) is 22.7. The third-order valence-electron chi connectivity index (χ3n) is 6.35. The van der Waals surface area contributed by atoms with Crippen molar-refractivity contribution in [3.8, 4) is 11.4 Å². The van der Waals surface area contributed by atoms with Gasteiger partial charge in [0.15, 0.2) is 5.82 Å². The van der Waals surface area contributed by atoms with Crippen LogP contribution in [0.1, 0.15) is 25.5 Å². The standard InChI is InChI=1S/C21H24N6O4S/c1-13-12-31-8-7-26(13)18-9-17(21(4-5-21)32(2,22)30)24-19(25-18)15-10-23-11-16-14(15)3-6-27(16)20(28)29/h3,6,9-11,13,22H,4-5,7-8,12H2,1-2H3,(H,28,29)/t13-,32?/m1/s1. The summed E-state index contributed by atoms with van der Waals surface area (Å²) in [6, 6.07) is 3.65. The molecule has 4 heterocycles. The highest BCUT2D eigenvalue weighted by molar-refractivity contribution is 7.92. The molecule has 2 aliphatic rings. The Morgan fingerprint density at radius 1 is 1.34 bits per heavy atom. The second kappa shape index (κ2) is 7.24. The smallest absolute Gasteiger partial charge is 0.416 e. The minimum absolute atomic E-state index is 0.0958. The number of pyridine rings is 1. The van der Waals surface area contributed by atoms with Crippen LogP contribution in [0.3, 0.4) is 0 Å². The number of carboxylic acid groups (broad SMARTS) is 1. The summed E-state index contributed by atoms with van der Waals surface area (Å²) in [4.78, 5) is 27.5. The zero-order valence-electron chi connectivity index (χ0n) is 17.8. The molecule has 3 aromatic heterocycles. The molecule has 168 valence electrons. The maximum absolute atomic E-state index is 12.9. The number of carbonyl (C=O) groups is 1. The van der Waals surface area contributed by atoms with E-state index in [0.29, 0.717) is 66.4 Å². The first-order chi connectivity index (χ1) is 15.2. The van der Waals surface area contributed by atoms with Crippen LogP contribution in [0.4, 0.5) is 10.6 Å². The van der Waals surface area contributed by atoms with Crippen LogP contribution in [0.15, 0.2) is 30.7 Å². The number of rotatable bonds is 4. The molecule has 1 aliphatic carbocycles. The van der Waals surface area contributed by atoms with Gasteiger partial charge in [-0.2, -0.15) is 0 Å². The predicted molar refractivity (Wildman–Crippen MR) is 120 cm³/mol. The fraction of sp³-hybridized carbons (Fsp3) is 0.429. The molecule has 2 fully saturated rings. The number of ether oxygens (including phenoxy) is 1. The van der Waals surface area contributed by atoms with Gasteiger partial charge in [0.2, 0.25) is 0 Å². The van der Waals surface area contributed by atoms with Gasteiger partial charge in [0, 0.05) is 42.2 Å². The quantitative estimate of drug-likeness (QED) is 0.612. The van der Waals surface area contributed by atoms with Crippen molar-refractivity contribution >= 4 is 32.5 Å². The summed E-state index contributed by atoms with van der Waals surface area (Å²) in [6.07, 6.45) is 6.22. The number of hydrogen-bond acceptors (Lipinski definition) is 8. The van der Waals surface area contributed by atoms with E-state index in [1.165, 1.54) is 18.6 Å². The Bertz CT molecular complexity index is 1330. The second-order valence-corrected chi connectivity index (χ2v) is 10.9. The third-order valence-corrected chi connectivity index (χ3v) is 8.46. The van der Waals surface area contributed by atoms with Gasteiger partial charge in [-0.05, 0) is 25.8 Å². The molecule has 0 radical (unpaired) electrons. The van der Waals surface area contributed by atoms with Gasteiger partial charge in [-0.3, -0.25) is 14.3 Å². The summed E-state index contributed by atoms with van der Waals surface area (Å²) >= 11 is 0. The lowest BCUT2D eigenvalue weighted by Crippen LogP contribution is -2.44. The number of anilines is 1. The Morgan fingerprint density at radius 3 is 2.78 bits per heavy atom. The van der Waals surface area contributed by atoms with Crippen LogP contribution in [0.2, 0.25) is 0 Å². The van der Waals surface area contributed by atoms with E-state index in [4.69, 9.17) is 19.5 Å². The van der Waals surface area contributed by atoms with Crippen LogP contribution < -0.4 is 4.90 Å². The van der Waals surface area contributed by atoms with Crippen LogP contribution in [-0.2, 0) is 19.2 Å². The van der Waals surface area contributed by atoms with E-state index in [2.05, 4.69) is 16.8 Å². The summed E-state index contributed by atoms with van der Waals surface area (Å²) in [7, 11) is -2.88. The first-order valence-corrected chi connectivity index (χ1v) is 12.3. The summed E-state index contributed by atoms with van der Waals surface area (Å²) < 4.78 is 27.0. The molecule has 32 heavy (non-hydrogen) atoms. The van der Waals surface area contributed by atoms with Crippen LogP contribution in [-0.4, -0.2) is 67.0 Å². The number of nitrogens with one attached hydrogen (secondary N) is 1. The molecule has 0 amide bonds. The van der Waals surface area contributed by atoms with Crippen molar-refractivity contribution in [3.63, 3.8) is 0 Å². The Morgan fingerprint density at radius 2 is 2.12 bits per heavy atom. The minimum Gasteiger partial charge on any atom is -0.464 e. The maximum atomic E-state index is 12.9. The molecule has 1 aliphatic heterocycles. The maximum Gasteiger partial charge on any atom is 0.416 e. The SMILES string of the molecule is C[C@@H]1COCCN1c1cc(C2(S(C)(=N)=O)CC2)nc(-c2cncc3c2ccn3C(=O)O)n1. The van der Waals surface area contributed by atoms with Gasteiger partial charge in [-0.1, -0.05) is 0 Å². The van der Waals surface area contributed by atoms with Crippen LogP contribution in [0, 0.1) is 4.78 Å². The van der Waals surface area contributed by atoms with Gasteiger partial charge in [-0.15, -0.1) is 0 Å². The van der Waals surface area contributed by atoms with E-state index in [1.807, 2.05) is 6.07 Å². The van der Waals surface area contributed by atoms with Gasteiger partial charge in [0.25, 0.3) is 0 Å². The molecule has 2 atom stereocenters. The van der Waals surface area contributed by atoms with Crippen molar-refractivity contribution in [2.24, 2.45) is 0 Å². The average molecular weight is 457 g/mol. The number of fused-ring (bicyclic) bond motifs is 1. The Kier molecular flexibility index (Phi) is 4.71. The fourth-order valence-electron chi connectivity index (χ4n) is 4.36. The average Bonchev–Trinajstić information content (AvgIpc) is 3.47. The third kappa shape index (κ3) is 3.23. The summed E-state index contributed by atoms with van der Waals surface area (Å²) in [5.41, 5.74) is 1.62. The van der Waals surface area contributed by atoms with Crippen LogP contribution in [0.5, 0.6) is 0 Å². The molecule has 0 aromatic carbocycles. The van der Waals surface area contributed by atoms with Crippen LogP contribution >= 0.6 is 0 Å². The predicted octanol–water partition coefficient (Wildman–Crippen LogP) is 2.91. The van der Waals surface area contributed by atoms with E-state index in [0.717, 1.165) is 4.57 Å². The highest BCUT2D eigenvalue weighted by Crippen LogP contribution is 2.52. The summed E-state index contributed by atoms with van der Waals surface area (Å²) in [5, 5.41) is 10.1. The van der Waals surface area contributed by atoms with Crippen molar-refractivity contribution in [1.29, 1.82) is 4.78 Å². The normalized spacial score (nSPS) is 21.9. The van der Waals surface area contributed by atoms with Crippen molar-refractivity contribution in [3.05, 3.63) is 36.4 Å². The molecule has 2 N–H and O–H groups in total.